The van der Waals surface area contributed by atoms with Gasteiger partial charge >= 0.3 is 0 Å². The molecular formula is C10H18N2OS. The minimum Gasteiger partial charge on any atom is -0.381 e. The monoisotopic (exact) mass is 214 g/mol. The van der Waals surface area contributed by atoms with Gasteiger partial charge in [0.25, 0.3) is 0 Å². The zero-order valence-electron chi connectivity index (χ0n) is 8.99. The van der Waals surface area contributed by atoms with Crippen molar-refractivity contribution in [1.82, 2.24) is 4.98 Å². The Hall–Kier alpha value is -0.450. The highest BCUT2D eigenvalue weighted by atomic mass is 32.1. The number of hydrogen-bond donors (Lipinski definition) is 1. The van der Waals surface area contributed by atoms with Crippen LogP contribution in [0.4, 0.5) is 0 Å². The summed E-state index contributed by atoms with van der Waals surface area (Å²) < 4.78 is 5.19. The summed E-state index contributed by atoms with van der Waals surface area (Å²) in [6, 6.07) is 0.0813. The maximum atomic E-state index is 5.88. The first-order chi connectivity index (χ1) is 6.67. The molecule has 0 saturated heterocycles. The Morgan fingerprint density at radius 2 is 2.36 bits per heavy atom. The number of nitrogens with two attached hydrogens (primary N) is 1. The van der Waals surface area contributed by atoms with E-state index in [1.165, 1.54) is 0 Å². The highest BCUT2D eigenvalue weighted by Crippen LogP contribution is 2.18. The Labute approximate surface area is 89.3 Å². The van der Waals surface area contributed by atoms with Crippen molar-refractivity contribution >= 4 is 11.3 Å². The van der Waals surface area contributed by atoms with Gasteiger partial charge in [-0.2, -0.15) is 0 Å². The van der Waals surface area contributed by atoms with E-state index in [1.807, 2.05) is 12.3 Å². The largest absolute Gasteiger partial charge is 0.381 e. The molecule has 1 heterocycles. The molecule has 0 aliphatic heterocycles. The maximum Gasteiger partial charge on any atom is 0.0954 e. The van der Waals surface area contributed by atoms with E-state index in [-0.39, 0.29) is 12.1 Å². The molecule has 1 rings (SSSR count). The van der Waals surface area contributed by atoms with Gasteiger partial charge in [-0.25, -0.2) is 4.98 Å². The summed E-state index contributed by atoms with van der Waals surface area (Å²) in [5, 5.41) is 3.16. The molecule has 14 heavy (non-hydrogen) atoms. The van der Waals surface area contributed by atoms with Crippen molar-refractivity contribution in [2.24, 2.45) is 5.73 Å². The van der Waals surface area contributed by atoms with Crippen LogP contribution in [0.15, 0.2) is 5.38 Å². The second-order valence-electron chi connectivity index (χ2n) is 3.43. The Balaban J connectivity index is 2.59. The van der Waals surface area contributed by atoms with E-state index in [0.717, 1.165) is 23.5 Å². The standard InChI is InChI=1S/C10H18N2OS/c1-4-8(11)9-6-14-10(12-9)5-7(2)13-3/h6-8H,4-5,11H2,1-3H3. The fraction of sp³-hybridized carbons (Fsp3) is 0.700. The molecule has 2 N–H and O–H groups in total. The third-order valence-corrected chi connectivity index (χ3v) is 3.14. The number of aromatic nitrogens is 1. The summed E-state index contributed by atoms with van der Waals surface area (Å²) in [7, 11) is 1.72. The summed E-state index contributed by atoms with van der Waals surface area (Å²) in [5.41, 5.74) is 6.89. The van der Waals surface area contributed by atoms with E-state index in [9.17, 15) is 0 Å². The number of nitrogens with zero attached hydrogens (tertiary/aromatic N) is 1. The summed E-state index contributed by atoms with van der Waals surface area (Å²) in [6.45, 7) is 4.11. The van der Waals surface area contributed by atoms with E-state index >= 15 is 0 Å². The van der Waals surface area contributed by atoms with Gasteiger partial charge in [-0.15, -0.1) is 11.3 Å². The lowest BCUT2D eigenvalue weighted by Crippen LogP contribution is -2.11. The highest BCUT2D eigenvalue weighted by molar-refractivity contribution is 7.09. The minimum absolute atomic E-state index is 0.0813. The second-order valence-corrected chi connectivity index (χ2v) is 4.37. The number of thiazole rings is 1. The lowest BCUT2D eigenvalue weighted by atomic mass is 10.2. The van der Waals surface area contributed by atoms with Gasteiger partial charge in [0.05, 0.1) is 16.8 Å². The first-order valence-electron chi connectivity index (χ1n) is 4.90. The average Bonchev–Trinajstić information content (AvgIpc) is 2.65. The van der Waals surface area contributed by atoms with Crippen molar-refractivity contribution < 1.29 is 4.74 Å². The van der Waals surface area contributed by atoms with E-state index in [2.05, 4.69) is 11.9 Å². The normalized spacial score (nSPS) is 15.4. The van der Waals surface area contributed by atoms with Crippen molar-refractivity contribution in [1.29, 1.82) is 0 Å². The molecule has 80 valence electrons. The zero-order chi connectivity index (χ0) is 10.6. The number of ether oxygens (including phenoxy) is 1. The smallest absolute Gasteiger partial charge is 0.0954 e. The highest BCUT2D eigenvalue weighted by Gasteiger charge is 2.10. The molecule has 4 heteroatoms. The molecule has 0 spiro atoms. The van der Waals surface area contributed by atoms with Crippen molar-refractivity contribution in [3.63, 3.8) is 0 Å². The second kappa shape index (κ2) is 5.44. The lowest BCUT2D eigenvalue weighted by molar-refractivity contribution is 0.118. The molecule has 2 atom stereocenters. The lowest BCUT2D eigenvalue weighted by Gasteiger charge is -2.06. The van der Waals surface area contributed by atoms with Gasteiger partial charge < -0.3 is 10.5 Å². The van der Waals surface area contributed by atoms with Gasteiger partial charge in [0.2, 0.25) is 0 Å². The summed E-state index contributed by atoms with van der Waals surface area (Å²) in [5.74, 6) is 0. The molecule has 2 unspecified atom stereocenters. The molecular weight excluding hydrogens is 196 g/mol. The van der Waals surface area contributed by atoms with Crippen molar-refractivity contribution in [2.45, 2.75) is 38.8 Å². The predicted octanol–water partition coefficient (Wildman–Crippen LogP) is 2.13. The van der Waals surface area contributed by atoms with Crippen LogP contribution in [0.1, 0.15) is 37.0 Å². The fourth-order valence-electron chi connectivity index (χ4n) is 1.13. The van der Waals surface area contributed by atoms with Crippen LogP contribution in [0.25, 0.3) is 0 Å². The van der Waals surface area contributed by atoms with E-state index in [1.54, 1.807) is 18.4 Å². The van der Waals surface area contributed by atoms with E-state index in [0.29, 0.717) is 0 Å². The minimum atomic E-state index is 0.0813. The molecule has 0 aliphatic carbocycles. The fourth-order valence-corrected chi connectivity index (χ4v) is 2.10. The molecule has 3 nitrogen and oxygen atoms in total. The van der Waals surface area contributed by atoms with Crippen LogP contribution >= 0.6 is 11.3 Å². The van der Waals surface area contributed by atoms with Gasteiger partial charge in [0, 0.05) is 25.0 Å². The Morgan fingerprint density at radius 1 is 1.64 bits per heavy atom. The maximum absolute atomic E-state index is 5.88. The number of methoxy groups -OCH3 is 1. The van der Waals surface area contributed by atoms with Crippen LogP contribution < -0.4 is 5.73 Å². The van der Waals surface area contributed by atoms with Crippen LogP contribution in [-0.2, 0) is 11.2 Å². The van der Waals surface area contributed by atoms with Crippen LogP contribution in [0, 0.1) is 0 Å². The third-order valence-electron chi connectivity index (χ3n) is 2.25. The molecule has 0 aliphatic rings. The predicted molar refractivity (Wildman–Crippen MR) is 59.5 cm³/mol. The Morgan fingerprint density at radius 3 is 2.93 bits per heavy atom. The van der Waals surface area contributed by atoms with Crippen molar-refractivity contribution in [2.75, 3.05) is 7.11 Å². The van der Waals surface area contributed by atoms with Crippen LogP contribution in [0.5, 0.6) is 0 Å². The molecule has 0 radical (unpaired) electrons. The molecule has 1 aromatic heterocycles. The molecule has 0 saturated carbocycles. The quantitative estimate of drug-likeness (QED) is 0.817. The van der Waals surface area contributed by atoms with Gasteiger partial charge in [-0.3, -0.25) is 0 Å². The van der Waals surface area contributed by atoms with Crippen LogP contribution in [0.3, 0.4) is 0 Å². The van der Waals surface area contributed by atoms with Gasteiger partial charge in [0.15, 0.2) is 0 Å². The topological polar surface area (TPSA) is 48.1 Å². The van der Waals surface area contributed by atoms with Crippen LogP contribution in [-0.4, -0.2) is 18.2 Å². The molecule has 0 amide bonds. The number of hydrogen-bond acceptors (Lipinski definition) is 4. The first kappa shape index (κ1) is 11.6. The average molecular weight is 214 g/mol. The van der Waals surface area contributed by atoms with E-state index in [4.69, 9.17) is 10.5 Å². The number of rotatable bonds is 5. The molecule has 0 bridgehead atoms. The molecule has 0 aromatic carbocycles. The van der Waals surface area contributed by atoms with Crippen molar-refractivity contribution in [3.8, 4) is 0 Å². The van der Waals surface area contributed by atoms with Crippen LogP contribution in [0.2, 0.25) is 0 Å². The van der Waals surface area contributed by atoms with Gasteiger partial charge in [-0.1, -0.05) is 6.92 Å². The summed E-state index contributed by atoms with van der Waals surface area (Å²) in [6.07, 6.45) is 2.03. The van der Waals surface area contributed by atoms with E-state index < -0.39 is 0 Å². The first-order valence-corrected chi connectivity index (χ1v) is 5.78. The SMILES string of the molecule is CCC(N)c1csc(CC(C)OC)n1. The van der Waals surface area contributed by atoms with Gasteiger partial charge in [-0.05, 0) is 13.3 Å². The van der Waals surface area contributed by atoms with Gasteiger partial charge in [0.1, 0.15) is 0 Å². The molecule has 0 fully saturated rings. The molecule has 1 aromatic rings. The third kappa shape index (κ3) is 3.04. The Bertz CT molecular complexity index is 275. The summed E-state index contributed by atoms with van der Waals surface area (Å²) in [4.78, 5) is 4.48. The zero-order valence-corrected chi connectivity index (χ0v) is 9.80. The summed E-state index contributed by atoms with van der Waals surface area (Å²) >= 11 is 1.67. The Kier molecular flexibility index (Phi) is 4.51. The van der Waals surface area contributed by atoms with Crippen molar-refractivity contribution in [3.05, 3.63) is 16.1 Å².